The van der Waals surface area contributed by atoms with Gasteiger partial charge in [-0.1, -0.05) is 32.0 Å². The first-order valence-corrected chi connectivity index (χ1v) is 9.26. The average Bonchev–Trinajstić information content (AvgIpc) is 3.13. The van der Waals surface area contributed by atoms with Crippen LogP contribution in [0.4, 0.5) is 0 Å². The second-order valence-electron chi connectivity index (χ2n) is 7.27. The summed E-state index contributed by atoms with van der Waals surface area (Å²) in [6, 6.07) is 13.0. The van der Waals surface area contributed by atoms with Crippen LogP contribution in [-0.4, -0.2) is 51.5 Å². The van der Waals surface area contributed by atoms with Gasteiger partial charge in [0.1, 0.15) is 29.6 Å². The molecule has 7 heteroatoms. The van der Waals surface area contributed by atoms with Crippen LogP contribution in [0.3, 0.4) is 0 Å². The smallest absolute Gasteiger partial charge is 0.228 e. The van der Waals surface area contributed by atoms with E-state index in [1.165, 1.54) is 0 Å². The Morgan fingerprint density at radius 2 is 1.86 bits per heavy atom. The zero-order chi connectivity index (χ0) is 19.8. The van der Waals surface area contributed by atoms with Gasteiger partial charge in [0.25, 0.3) is 0 Å². The van der Waals surface area contributed by atoms with E-state index in [4.69, 9.17) is 13.9 Å². The first-order chi connectivity index (χ1) is 13.4. The van der Waals surface area contributed by atoms with Crippen LogP contribution in [0.5, 0.6) is 5.75 Å². The van der Waals surface area contributed by atoms with Gasteiger partial charge in [0.15, 0.2) is 5.58 Å². The Bertz CT molecular complexity index is 968. The molecule has 0 amide bonds. The summed E-state index contributed by atoms with van der Waals surface area (Å²) in [6.07, 6.45) is -4.90. The minimum atomic E-state index is -1.36. The molecule has 1 aliphatic rings. The summed E-state index contributed by atoms with van der Waals surface area (Å²) in [6.45, 7) is 4.09. The molecule has 1 aliphatic heterocycles. The fourth-order valence-electron chi connectivity index (χ4n) is 3.27. The summed E-state index contributed by atoms with van der Waals surface area (Å²) in [4.78, 5) is 4.57. The Kier molecular flexibility index (Phi) is 5.07. The maximum atomic E-state index is 10.0. The molecule has 1 aromatic heterocycles. The Morgan fingerprint density at radius 3 is 2.64 bits per heavy atom. The highest BCUT2D eigenvalue weighted by atomic mass is 16.7. The molecular formula is C21H23NO6. The molecule has 0 unspecified atom stereocenters. The van der Waals surface area contributed by atoms with E-state index in [0.717, 1.165) is 16.7 Å². The van der Waals surface area contributed by atoms with Crippen LogP contribution in [0.15, 0.2) is 46.9 Å². The van der Waals surface area contributed by atoms with Crippen LogP contribution in [0.2, 0.25) is 0 Å². The lowest BCUT2D eigenvalue weighted by Gasteiger charge is -2.34. The number of oxazole rings is 1. The first-order valence-electron chi connectivity index (χ1n) is 9.26. The molecule has 1 fully saturated rings. The molecule has 4 atom stereocenters. The lowest BCUT2D eigenvalue weighted by atomic mass is 10.0. The highest BCUT2D eigenvalue weighted by molar-refractivity contribution is 5.80. The monoisotopic (exact) mass is 385 g/mol. The molecule has 3 aromatic rings. The fraction of sp³-hybridized carbons (Fsp3) is 0.381. The van der Waals surface area contributed by atoms with Gasteiger partial charge in [-0.3, -0.25) is 0 Å². The molecule has 2 aromatic carbocycles. The van der Waals surface area contributed by atoms with Crippen molar-refractivity contribution in [1.82, 2.24) is 4.98 Å². The number of aromatic nitrogens is 1. The van der Waals surface area contributed by atoms with E-state index < -0.39 is 24.6 Å². The summed E-state index contributed by atoms with van der Waals surface area (Å²) >= 11 is 0. The highest BCUT2D eigenvalue weighted by Crippen LogP contribution is 2.32. The highest BCUT2D eigenvalue weighted by Gasteiger charge is 2.39. The summed E-state index contributed by atoms with van der Waals surface area (Å²) in [5.74, 6) is 1.21. The van der Waals surface area contributed by atoms with Crippen molar-refractivity contribution in [3.8, 4) is 17.2 Å². The van der Waals surface area contributed by atoms with Crippen LogP contribution >= 0.6 is 0 Å². The second kappa shape index (κ2) is 7.52. The zero-order valence-corrected chi connectivity index (χ0v) is 15.6. The van der Waals surface area contributed by atoms with Crippen LogP contribution in [0.25, 0.3) is 22.6 Å². The number of aliphatic hydroxyl groups excluding tert-OH is 3. The minimum absolute atomic E-state index is 0.119. The molecule has 2 heterocycles. The van der Waals surface area contributed by atoms with E-state index in [1.54, 1.807) is 18.2 Å². The van der Waals surface area contributed by atoms with Crippen molar-refractivity contribution in [3.63, 3.8) is 0 Å². The molecule has 0 spiro atoms. The third kappa shape index (κ3) is 3.49. The number of rotatable bonds is 4. The molecule has 0 aliphatic carbocycles. The van der Waals surface area contributed by atoms with Gasteiger partial charge in [0.05, 0.1) is 6.61 Å². The van der Waals surface area contributed by atoms with Gasteiger partial charge in [-0.05, 0) is 35.7 Å². The van der Waals surface area contributed by atoms with Crippen molar-refractivity contribution in [2.75, 3.05) is 6.61 Å². The molecule has 3 N–H and O–H groups in total. The normalized spacial score (nSPS) is 25.4. The lowest BCUT2D eigenvalue weighted by Crippen LogP contribution is -2.54. The van der Waals surface area contributed by atoms with Gasteiger partial charge in [-0.2, -0.15) is 0 Å². The van der Waals surface area contributed by atoms with Gasteiger partial charge in [-0.15, -0.1) is 0 Å². The third-order valence-electron chi connectivity index (χ3n) is 4.85. The summed E-state index contributed by atoms with van der Waals surface area (Å²) in [5, 5.41) is 29.4. The Hall–Kier alpha value is -2.45. The predicted molar refractivity (Wildman–Crippen MR) is 102 cm³/mol. The van der Waals surface area contributed by atoms with Crippen LogP contribution in [0, 0.1) is 0 Å². The van der Waals surface area contributed by atoms with Gasteiger partial charge in [0, 0.05) is 5.56 Å². The van der Waals surface area contributed by atoms with E-state index in [0.29, 0.717) is 23.1 Å². The van der Waals surface area contributed by atoms with E-state index >= 15 is 0 Å². The minimum Gasteiger partial charge on any atom is -0.462 e. The number of aliphatic hydroxyl groups is 3. The van der Waals surface area contributed by atoms with E-state index in [2.05, 4.69) is 18.8 Å². The summed E-state index contributed by atoms with van der Waals surface area (Å²) in [5.41, 5.74) is 3.36. The quantitative estimate of drug-likeness (QED) is 0.633. The van der Waals surface area contributed by atoms with Crippen LogP contribution in [-0.2, 0) is 4.74 Å². The molecular weight excluding hydrogens is 362 g/mol. The SMILES string of the molecule is CC(C)c1cccc2nc(-c3cccc(O[C@@H]4OC[C@H](O)[C@H](O)[C@H]4O)c3)oc12. The van der Waals surface area contributed by atoms with Gasteiger partial charge in [0.2, 0.25) is 12.2 Å². The van der Waals surface area contributed by atoms with Crippen LogP contribution in [0.1, 0.15) is 25.3 Å². The average molecular weight is 385 g/mol. The summed E-state index contributed by atoms with van der Waals surface area (Å²) in [7, 11) is 0. The molecule has 1 saturated heterocycles. The second-order valence-corrected chi connectivity index (χ2v) is 7.27. The number of nitrogens with zero attached hydrogens (tertiary/aromatic N) is 1. The molecule has 7 nitrogen and oxygen atoms in total. The van der Waals surface area contributed by atoms with Crippen molar-refractivity contribution in [1.29, 1.82) is 0 Å². The van der Waals surface area contributed by atoms with Gasteiger partial charge >= 0.3 is 0 Å². The van der Waals surface area contributed by atoms with Crippen molar-refractivity contribution in [3.05, 3.63) is 48.0 Å². The van der Waals surface area contributed by atoms with E-state index in [-0.39, 0.29) is 6.61 Å². The van der Waals surface area contributed by atoms with Crippen LogP contribution < -0.4 is 4.74 Å². The maximum absolute atomic E-state index is 10.0. The molecule has 0 bridgehead atoms. The number of hydrogen-bond acceptors (Lipinski definition) is 7. The van der Waals surface area contributed by atoms with E-state index in [1.807, 2.05) is 24.3 Å². The van der Waals surface area contributed by atoms with Crippen molar-refractivity contribution in [2.24, 2.45) is 0 Å². The zero-order valence-electron chi connectivity index (χ0n) is 15.6. The number of fused-ring (bicyclic) bond motifs is 1. The number of ether oxygens (including phenoxy) is 2. The number of para-hydroxylation sites is 1. The molecule has 0 saturated carbocycles. The molecule has 148 valence electrons. The standard InChI is InChI=1S/C21H23NO6/c1-11(2)14-7-4-8-15-19(14)28-20(22-15)12-5-3-6-13(9-12)27-21-18(25)17(24)16(23)10-26-21/h3-9,11,16-18,21,23-25H,10H2,1-2H3/t16-,17-,18+,21-/m0/s1. The summed E-state index contributed by atoms with van der Waals surface area (Å²) < 4.78 is 17.0. The van der Waals surface area contributed by atoms with E-state index in [9.17, 15) is 15.3 Å². The van der Waals surface area contributed by atoms with Crippen molar-refractivity contribution in [2.45, 2.75) is 44.4 Å². The predicted octanol–water partition coefficient (Wildman–Crippen LogP) is 2.44. The van der Waals surface area contributed by atoms with Gasteiger partial charge in [-0.25, -0.2) is 4.98 Å². The van der Waals surface area contributed by atoms with Crippen molar-refractivity contribution >= 4 is 11.1 Å². The fourth-order valence-corrected chi connectivity index (χ4v) is 3.27. The molecule has 0 radical (unpaired) electrons. The largest absolute Gasteiger partial charge is 0.462 e. The Balaban J connectivity index is 1.61. The maximum Gasteiger partial charge on any atom is 0.228 e. The first kappa shape index (κ1) is 18.9. The van der Waals surface area contributed by atoms with Crippen molar-refractivity contribution < 1.29 is 29.2 Å². The Labute approximate surface area is 162 Å². The molecule has 28 heavy (non-hydrogen) atoms. The Morgan fingerprint density at radius 1 is 1.07 bits per heavy atom. The topological polar surface area (TPSA) is 105 Å². The lowest BCUT2D eigenvalue weighted by molar-refractivity contribution is -0.242. The number of benzene rings is 2. The van der Waals surface area contributed by atoms with Gasteiger partial charge < -0.3 is 29.2 Å². The third-order valence-corrected chi connectivity index (χ3v) is 4.85. The molecule has 4 rings (SSSR count). The number of hydrogen-bond donors (Lipinski definition) is 3.